The third-order valence-corrected chi connectivity index (χ3v) is 3.81. The van der Waals surface area contributed by atoms with Crippen molar-refractivity contribution in [2.75, 3.05) is 11.9 Å². The van der Waals surface area contributed by atoms with Crippen molar-refractivity contribution < 1.29 is 9.84 Å². The van der Waals surface area contributed by atoms with Crippen LogP contribution in [0.2, 0.25) is 0 Å². The molecule has 0 unspecified atom stereocenters. The summed E-state index contributed by atoms with van der Waals surface area (Å²) in [6.07, 6.45) is 8.78. The summed E-state index contributed by atoms with van der Waals surface area (Å²) in [6, 6.07) is 5.80. The third kappa shape index (κ3) is 6.40. The standard InChI is InChI=1S/C19H27N5O2/c1-3-5-8-15(10-12-25)23-18-17(13-22-19(24-18)20-4-2)26-14-16-9-6-7-11-21-16/h4,6-7,9,11,13,15,25H,3,5,8,10,12,14H2,1-2H3,(H,22,23,24)/t15-/m0/s1. The summed E-state index contributed by atoms with van der Waals surface area (Å²) >= 11 is 0. The number of unbranched alkanes of at least 4 members (excludes halogenated alkanes) is 1. The zero-order valence-electron chi connectivity index (χ0n) is 15.4. The van der Waals surface area contributed by atoms with Gasteiger partial charge in [0.05, 0.1) is 11.9 Å². The van der Waals surface area contributed by atoms with Crippen molar-refractivity contribution in [1.29, 1.82) is 0 Å². The number of anilines is 1. The first-order valence-corrected chi connectivity index (χ1v) is 9.02. The monoisotopic (exact) mass is 357 g/mol. The molecule has 0 aromatic carbocycles. The summed E-state index contributed by atoms with van der Waals surface area (Å²) in [5, 5.41) is 12.7. The maximum absolute atomic E-state index is 9.34. The molecular formula is C19H27N5O2. The number of aliphatic hydroxyl groups excluding tert-OH is 1. The Morgan fingerprint density at radius 2 is 2.19 bits per heavy atom. The van der Waals surface area contributed by atoms with Gasteiger partial charge in [-0.15, -0.1) is 0 Å². The highest BCUT2D eigenvalue weighted by Gasteiger charge is 2.14. The lowest BCUT2D eigenvalue weighted by Crippen LogP contribution is -2.22. The molecule has 0 aliphatic carbocycles. The Morgan fingerprint density at radius 1 is 1.31 bits per heavy atom. The van der Waals surface area contributed by atoms with Gasteiger partial charge in [0.15, 0.2) is 11.6 Å². The lowest BCUT2D eigenvalue weighted by atomic mass is 10.1. The molecule has 2 rings (SSSR count). The summed E-state index contributed by atoms with van der Waals surface area (Å²) in [4.78, 5) is 17.1. The van der Waals surface area contributed by atoms with Gasteiger partial charge in [-0.2, -0.15) is 4.98 Å². The van der Waals surface area contributed by atoms with Crippen LogP contribution in [0.5, 0.6) is 5.75 Å². The Morgan fingerprint density at radius 3 is 2.88 bits per heavy atom. The number of nitrogens with one attached hydrogen (secondary N) is 1. The number of nitrogens with zero attached hydrogens (tertiary/aromatic N) is 4. The fourth-order valence-electron chi connectivity index (χ4n) is 2.47. The molecule has 0 fully saturated rings. The lowest BCUT2D eigenvalue weighted by molar-refractivity contribution is 0.275. The van der Waals surface area contributed by atoms with E-state index < -0.39 is 0 Å². The van der Waals surface area contributed by atoms with Crippen LogP contribution in [-0.2, 0) is 6.61 Å². The number of ether oxygens (including phenoxy) is 1. The van der Waals surface area contributed by atoms with E-state index in [4.69, 9.17) is 4.74 Å². The van der Waals surface area contributed by atoms with Crippen molar-refractivity contribution in [2.24, 2.45) is 4.99 Å². The quantitative estimate of drug-likeness (QED) is 0.598. The van der Waals surface area contributed by atoms with Crippen molar-refractivity contribution >= 4 is 18.0 Å². The second-order valence-electron chi connectivity index (χ2n) is 5.88. The second-order valence-corrected chi connectivity index (χ2v) is 5.88. The van der Waals surface area contributed by atoms with Crippen LogP contribution in [0, 0.1) is 0 Å². The molecule has 0 aliphatic heterocycles. The molecule has 140 valence electrons. The van der Waals surface area contributed by atoms with Crippen LogP contribution in [-0.4, -0.2) is 38.9 Å². The molecule has 1 atom stereocenters. The maximum atomic E-state index is 9.34. The highest BCUT2D eigenvalue weighted by Crippen LogP contribution is 2.26. The van der Waals surface area contributed by atoms with Crippen LogP contribution in [0.25, 0.3) is 0 Å². The van der Waals surface area contributed by atoms with Gasteiger partial charge in [0.2, 0.25) is 0 Å². The Bertz CT molecular complexity index is 679. The van der Waals surface area contributed by atoms with Crippen molar-refractivity contribution in [3.63, 3.8) is 0 Å². The Labute approximate surface area is 154 Å². The minimum atomic E-state index is 0.116. The van der Waals surface area contributed by atoms with Gasteiger partial charge < -0.3 is 15.2 Å². The molecule has 2 aromatic rings. The van der Waals surface area contributed by atoms with E-state index in [0.717, 1.165) is 25.0 Å². The van der Waals surface area contributed by atoms with Crippen molar-refractivity contribution in [2.45, 2.75) is 52.2 Å². The van der Waals surface area contributed by atoms with E-state index in [0.29, 0.717) is 30.5 Å². The van der Waals surface area contributed by atoms with Gasteiger partial charge in [0.25, 0.3) is 5.95 Å². The number of hydrogen-bond acceptors (Lipinski definition) is 7. The summed E-state index contributed by atoms with van der Waals surface area (Å²) in [5.74, 6) is 1.51. The molecule has 2 aromatic heterocycles. The molecule has 0 saturated heterocycles. The van der Waals surface area contributed by atoms with Crippen molar-refractivity contribution in [3.05, 3.63) is 36.3 Å². The fraction of sp³-hybridized carbons (Fsp3) is 0.474. The number of aliphatic hydroxyl groups is 1. The smallest absolute Gasteiger partial charge is 0.251 e. The first kappa shape index (κ1) is 19.8. The first-order chi connectivity index (χ1) is 12.8. The molecule has 0 amide bonds. The predicted octanol–water partition coefficient (Wildman–Crippen LogP) is 3.53. The van der Waals surface area contributed by atoms with Gasteiger partial charge in [0.1, 0.15) is 6.61 Å². The van der Waals surface area contributed by atoms with Crippen LogP contribution in [0.4, 0.5) is 11.8 Å². The van der Waals surface area contributed by atoms with Crippen LogP contribution in [0.3, 0.4) is 0 Å². The van der Waals surface area contributed by atoms with E-state index in [1.807, 2.05) is 25.1 Å². The first-order valence-electron chi connectivity index (χ1n) is 9.02. The van der Waals surface area contributed by atoms with E-state index in [9.17, 15) is 5.11 Å². The molecule has 0 saturated carbocycles. The van der Waals surface area contributed by atoms with E-state index in [1.54, 1.807) is 18.6 Å². The Kier molecular flexibility index (Phi) is 8.48. The van der Waals surface area contributed by atoms with Gasteiger partial charge in [-0.25, -0.2) is 9.98 Å². The van der Waals surface area contributed by atoms with Crippen molar-refractivity contribution in [3.8, 4) is 5.75 Å². The maximum Gasteiger partial charge on any atom is 0.251 e. The number of pyridine rings is 1. The molecule has 7 nitrogen and oxygen atoms in total. The molecular weight excluding hydrogens is 330 g/mol. The van der Waals surface area contributed by atoms with E-state index in [2.05, 4.69) is 32.2 Å². The van der Waals surface area contributed by atoms with Gasteiger partial charge in [-0.1, -0.05) is 25.8 Å². The normalized spacial score (nSPS) is 12.3. The van der Waals surface area contributed by atoms with Gasteiger partial charge >= 0.3 is 0 Å². The van der Waals surface area contributed by atoms with Crippen LogP contribution in [0.1, 0.15) is 45.2 Å². The molecule has 0 bridgehead atoms. The average Bonchev–Trinajstić information content (AvgIpc) is 2.67. The summed E-state index contributed by atoms with van der Waals surface area (Å²) < 4.78 is 5.88. The fourth-order valence-corrected chi connectivity index (χ4v) is 2.47. The van der Waals surface area contributed by atoms with Gasteiger partial charge in [-0.05, 0) is 31.9 Å². The van der Waals surface area contributed by atoms with Gasteiger partial charge in [-0.3, -0.25) is 4.98 Å². The largest absolute Gasteiger partial charge is 0.482 e. The molecule has 2 N–H and O–H groups in total. The number of rotatable bonds is 11. The van der Waals surface area contributed by atoms with Crippen LogP contribution < -0.4 is 10.1 Å². The Hall–Kier alpha value is -2.54. The second kappa shape index (κ2) is 11.1. The zero-order chi connectivity index (χ0) is 18.6. The van der Waals surface area contributed by atoms with Crippen LogP contribution in [0.15, 0.2) is 35.6 Å². The van der Waals surface area contributed by atoms with E-state index in [-0.39, 0.29) is 12.6 Å². The highest BCUT2D eigenvalue weighted by molar-refractivity contribution is 5.59. The number of hydrogen-bond donors (Lipinski definition) is 2. The average molecular weight is 357 g/mol. The Balaban J connectivity index is 2.17. The molecule has 0 radical (unpaired) electrons. The number of aliphatic imine (C=N–C) groups is 1. The summed E-state index contributed by atoms with van der Waals surface area (Å²) in [6.45, 7) is 4.42. The lowest BCUT2D eigenvalue weighted by Gasteiger charge is -2.20. The van der Waals surface area contributed by atoms with Gasteiger partial charge in [0, 0.05) is 25.1 Å². The predicted molar refractivity (Wildman–Crippen MR) is 103 cm³/mol. The van der Waals surface area contributed by atoms with Crippen LogP contribution >= 0.6 is 0 Å². The van der Waals surface area contributed by atoms with E-state index in [1.165, 1.54) is 0 Å². The molecule has 0 spiro atoms. The number of aromatic nitrogens is 3. The highest BCUT2D eigenvalue weighted by atomic mass is 16.5. The van der Waals surface area contributed by atoms with Crippen molar-refractivity contribution in [1.82, 2.24) is 15.0 Å². The molecule has 0 aliphatic rings. The van der Waals surface area contributed by atoms with E-state index >= 15 is 0 Å². The molecule has 7 heteroatoms. The third-order valence-electron chi connectivity index (χ3n) is 3.81. The molecule has 2 heterocycles. The SMILES string of the molecule is CC=Nc1ncc(OCc2ccccn2)c(N[C@H](CCO)CCCC)n1. The summed E-state index contributed by atoms with van der Waals surface area (Å²) in [5.41, 5.74) is 0.826. The topological polar surface area (TPSA) is 92.5 Å². The summed E-state index contributed by atoms with van der Waals surface area (Å²) in [7, 11) is 0. The minimum Gasteiger partial charge on any atom is -0.482 e. The minimum absolute atomic E-state index is 0.116. The zero-order valence-corrected chi connectivity index (χ0v) is 15.4. The molecule has 26 heavy (non-hydrogen) atoms.